The van der Waals surface area contributed by atoms with Gasteiger partial charge in [-0.25, -0.2) is 14.8 Å². The van der Waals surface area contributed by atoms with Gasteiger partial charge in [-0.15, -0.1) is 0 Å². The minimum Gasteiger partial charge on any atom is -0.465 e. The number of H-pyrrole nitrogens is 1. The van der Waals surface area contributed by atoms with Gasteiger partial charge >= 0.3 is 5.97 Å². The average molecular weight is 456 g/mol. The molecule has 9 nitrogen and oxygen atoms in total. The number of piperidine rings is 1. The second-order valence-electron chi connectivity index (χ2n) is 6.91. The molecule has 2 atom stereocenters. The molecule has 0 unspecified atom stereocenters. The number of halogens is 1. The number of nitrogens with one attached hydrogen (secondary N) is 2. The summed E-state index contributed by atoms with van der Waals surface area (Å²) in [6, 6.07) is -0.182. The van der Waals surface area contributed by atoms with Crippen molar-refractivity contribution in [3.63, 3.8) is 0 Å². The molecule has 0 aromatic carbocycles. The first-order chi connectivity index (χ1) is 14.4. The van der Waals surface area contributed by atoms with Gasteiger partial charge < -0.3 is 24.7 Å². The van der Waals surface area contributed by atoms with E-state index in [9.17, 15) is 9.59 Å². The predicted molar refractivity (Wildman–Crippen MR) is 115 cm³/mol. The number of aromatic nitrogens is 3. The average Bonchev–Trinajstić information content (AvgIpc) is 3.36. The number of aromatic amines is 1. The molecule has 0 bridgehead atoms. The Morgan fingerprint density at radius 1 is 1.30 bits per heavy atom. The Kier molecular flexibility index (Phi) is 7.32. The van der Waals surface area contributed by atoms with E-state index in [2.05, 4.69) is 25.2 Å². The first-order valence-corrected chi connectivity index (χ1v) is 11.0. The zero-order valence-corrected chi connectivity index (χ0v) is 19.0. The van der Waals surface area contributed by atoms with Crippen molar-refractivity contribution < 1.29 is 19.1 Å². The molecule has 164 valence electrons. The molecule has 30 heavy (non-hydrogen) atoms. The van der Waals surface area contributed by atoms with Gasteiger partial charge in [-0.1, -0.05) is 36.8 Å². The Balaban J connectivity index is 1.69. The van der Waals surface area contributed by atoms with E-state index in [0.29, 0.717) is 42.4 Å². The number of anilines is 1. The van der Waals surface area contributed by atoms with Crippen molar-refractivity contribution in [2.45, 2.75) is 45.3 Å². The van der Waals surface area contributed by atoms with E-state index in [0.717, 1.165) is 16.5 Å². The van der Waals surface area contributed by atoms with Crippen molar-refractivity contribution >= 4 is 39.9 Å². The third kappa shape index (κ3) is 4.60. The van der Waals surface area contributed by atoms with Crippen LogP contribution in [-0.2, 0) is 22.3 Å². The number of esters is 1. The van der Waals surface area contributed by atoms with Gasteiger partial charge in [0, 0.05) is 20.2 Å². The third-order valence-corrected chi connectivity index (χ3v) is 6.59. The van der Waals surface area contributed by atoms with E-state index in [1.165, 1.54) is 18.4 Å². The van der Waals surface area contributed by atoms with Crippen molar-refractivity contribution in [3.05, 3.63) is 27.2 Å². The number of ether oxygens (including phenoxy) is 2. The maximum absolute atomic E-state index is 12.6. The summed E-state index contributed by atoms with van der Waals surface area (Å²) in [5.41, 5.74) is 1.46. The van der Waals surface area contributed by atoms with Gasteiger partial charge in [0.25, 0.3) is 5.91 Å². The highest BCUT2D eigenvalue weighted by Gasteiger charge is 2.33. The topological polar surface area (TPSA) is 109 Å². The van der Waals surface area contributed by atoms with Gasteiger partial charge in [0.1, 0.15) is 4.88 Å². The SMILES string of the molecule is CCc1nc(N2CC[C@@H](NC(=O)c3nc(Cl)c(CC)[nH]3)[C@@H](OC)C2)sc1C(=O)OC. The molecule has 1 amide bonds. The van der Waals surface area contributed by atoms with E-state index in [4.69, 9.17) is 21.1 Å². The number of amides is 1. The first kappa shape index (κ1) is 22.5. The molecule has 2 aromatic heterocycles. The molecule has 1 aliphatic heterocycles. The number of carbonyl (C=O) groups excluding carboxylic acids is 2. The molecule has 3 heterocycles. The van der Waals surface area contributed by atoms with Crippen LogP contribution in [-0.4, -0.2) is 66.3 Å². The van der Waals surface area contributed by atoms with Crippen LogP contribution in [0.3, 0.4) is 0 Å². The molecule has 0 saturated carbocycles. The van der Waals surface area contributed by atoms with Crippen molar-refractivity contribution in [1.82, 2.24) is 20.3 Å². The van der Waals surface area contributed by atoms with Gasteiger partial charge in [0.05, 0.1) is 30.6 Å². The van der Waals surface area contributed by atoms with Crippen LogP contribution in [0.15, 0.2) is 0 Å². The number of carbonyl (C=O) groups is 2. The maximum Gasteiger partial charge on any atom is 0.350 e. The van der Waals surface area contributed by atoms with Crippen molar-refractivity contribution in [3.8, 4) is 0 Å². The highest BCUT2D eigenvalue weighted by atomic mass is 35.5. The molecule has 2 aromatic rings. The Labute approximate surface area is 184 Å². The summed E-state index contributed by atoms with van der Waals surface area (Å²) >= 11 is 7.36. The molecule has 0 spiro atoms. The lowest BCUT2D eigenvalue weighted by Gasteiger charge is -2.37. The fourth-order valence-electron chi connectivity index (χ4n) is 3.43. The van der Waals surface area contributed by atoms with Gasteiger partial charge in [-0.05, 0) is 19.3 Å². The Morgan fingerprint density at radius 3 is 2.67 bits per heavy atom. The van der Waals surface area contributed by atoms with Crippen LogP contribution in [0.5, 0.6) is 0 Å². The van der Waals surface area contributed by atoms with Crippen LogP contribution >= 0.6 is 22.9 Å². The number of thiazole rings is 1. The van der Waals surface area contributed by atoms with Crippen LogP contribution in [0.2, 0.25) is 5.15 Å². The van der Waals surface area contributed by atoms with Crippen molar-refractivity contribution in [1.29, 1.82) is 0 Å². The monoisotopic (exact) mass is 455 g/mol. The summed E-state index contributed by atoms with van der Waals surface area (Å²) in [5, 5.41) is 4.07. The standard InChI is InChI=1S/C19H26ClN5O4S/c1-5-10-14(18(27)29-4)30-19(23-10)25-8-7-12(13(9-25)28-3)22-17(26)16-21-11(6-2)15(20)24-16/h12-13H,5-9H2,1-4H3,(H,21,24)(H,22,26)/t12-,13+/m1/s1. The van der Waals surface area contributed by atoms with Gasteiger partial charge in [0.2, 0.25) is 0 Å². The highest BCUT2D eigenvalue weighted by molar-refractivity contribution is 7.17. The Morgan fingerprint density at radius 2 is 2.07 bits per heavy atom. The quantitative estimate of drug-likeness (QED) is 0.617. The van der Waals surface area contributed by atoms with Crippen LogP contribution in [0.25, 0.3) is 0 Å². The molecule has 0 radical (unpaired) electrons. The Hall–Kier alpha value is -2.17. The lowest BCUT2D eigenvalue weighted by Crippen LogP contribution is -2.55. The zero-order chi connectivity index (χ0) is 21.8. The summed E-state index contributed by atoms with van der Waals surface area (Å²) < 4.78 is 10.5. The molecule has 1 saturated heterocycles. The van der Waals surface area contributed by atoms with Crippen molar-refractivity contribution in [2.75, 3.05) is 32.2 Å². The number of methoxy groups -OCH3 is 2. The fraction of sp³-hybridized carbons (Fsp3) is 0.579. The fourth-order valence-corrected chi connectivity index (χ4v) is 4.80. The van der Waals surface area contributed by atoms with Crippen LogP contribution in [0, 0.1) is 0 Å². The number of nitrogens with zero attached hydrogens (tertiary/aromatic N) is 3. The number of hydrogen-bond acceptors (Lipinski definition) is 8. The van der Waals surface area contributed by atoms with Crippen LogP contribution in [0.4, 0.5) is 5.13 Å². The molecule has 1 aliphatic rings. The third-order valence-electron chi connectivity index (χ3n) is 5.14. The molecule has 3 rings (SSSR count). The van der Waals surface area contributed by atoms with E-state index in [-0.39, 0.29) is 29.8 Å². The lowest BCUT2D eigenvalue weighted by atomic mass is 10.0. The zero-order valence-electron chi connectivity index (χ0n) is 17.5. The van der Waals surface area contributed by atoms with E-state index in [1.807, 2.05) is 13.8 Å². The molecule has 1 fully saturated rings. The minimum absolute atomic E-state index is 0.182. The molecule has 11 heteroatoms. The Bertz CT molecular complexity index is 915. The number of hydrogen-bond donors (Lipinski definition) is 2. The highest BCUT2D eigenvalue weighted by Crippen LogP contribution is 2.30. The molecular formula is C19H26ClN5O4S. The number of aryl methyl sites for hydroxylation is 2. The van der Waals surface area contributed by atoms with E-state index < -0.39 is 0 Å². The minimum atomic E-state index is -0.371. The second kappa shape index (κ2) is 9.76. The maximum atomic E-state index is 12.6. The van der Waals surface area contributed by atoms with Gasteiger partial charge in [0.15, 0.2) is 16.1 Å². The summed E-state index contributed by atoms with van der Waals surface area (Å²) in [7, 11) is 2.98. The predicted octanol–water partition coefficient (Wildman–Crippen LogP) is 2.45. The van der Waals surface area contributed by atoms with Gasteiger partial charge in [-0.3, -0.25) is 4.79 Å². The lowest BCUT2D eigenvalue weighted by molar-refractivity contribution is 0.0538. The first-order valence-electron chi connectivity index (χ1n) is 9.82. The summed E-state index contributed by atoms with van der Waals surface area (Å²) in [5.74, 6) is -0.485. The van der Waals surface area contributed by atoms with Gasteiger partial charge in [-0.2, -0.15) is 0 Å². The number of rotatable bonds is 7. The largest absolute Gasteiger partial charge is 0.465 e. The van der Waals surface area contributed by atoms with Crippen molar-refractivity contribution in [2.24, 2.45) is 0 Å². The summed E-state index contributed by atoms with van der Waals surface area (Å²) in [6.07, 6.45) is 1.73. The molecular weight excluding hydrogens is 430 g/mol. The van der Waals surface area contributed by atoms with Crippen LogP contribution in [0.1, 0.15) is 51.9 Å². The van der Waals surface area contributed by atoms with E-state index >= 15 is 0 Å². The second-order valence-corrected chi connectivity index (χ2v) is 8.25. The molecule has 2 N–H and O–H groups in total. The number of imidazole rings is 1. The van der Waals surface area contributed by atoms with E-state index in [1.54, 1.807) is 7.11 Å². The molecule has 0 aliphatic carbocycles. The normalized spacial score (nSPS) is 19.0. The summed E-state index contributed by atoms with van der Waals surface area (Å²) in [4.78, 5) is 38.9. The summed E-state index contributed by atoms with van der Waals surface area (Å²) in [6.45, 7) is 5.10. The van der Waals surface area contributed by atoms with Crippen LogP contribution < -0.4 is 10.2 Å². The smallest absolute Gasteiger partial charge is 0.350 e.